The second-order valence-electron chi connectivity index (χ2n) is 9.05. The van der Waals surface area contributed by atoms with Crippen LogP contribution < -0.4 is 0 Å². The first-order valence-electron chi connectivity index (χ1n) is 9.50. The molecule has 0 aromatic heterocycles. The minimum atomic E-state index is -1.86. The van der Waals surface area contributed by atoms with Crippen molar-refractivity contribution in [1.82, 2.24) is 0 Å². The van der Waals surface area contributed by atoms with Crippen molar-refractivity contribution in [1.29, 1.82) is 0 Å². The van der Waals surface area contributed by atoms with Crippen LogP contribution in [0.2, 0.25) is 18.1 Å². The number of rotatable bonds is 10. The number of hydrogen-bond donors (Lipinski definition) is 0. The van der Waals surface area contributed by atoms with Gasteiger partial charge in [0.1, 0.15) is 0 Å². The van der Waals surface area contributed by atoms with Gasteiger partial charge in [-0.05, 0) is 65.1 Å². The molecule has 2 unspecified atom stereocenters. The predicted octanol–water partition coefficient (Wildman–Crippen LogP) is 7.65. The highest BCUT2D eigenvalue weighted by Gasteiger charge is 2.43. The summed E-state index contributed by atoms with van der Waals surface area (Å²) < 4.78 is 12.8. The van der Waals surface area contributed by atoms with E-state index in [9.17, 15) is 0 Å². The van der Waals surface area contributed by atoms with Gasteiger partial charge in [-0.3, -0.25) is 0 Å². The van der Waals surface area contributed by atoms with E-state index >= 15 is 0 Å². The van der Waals surface area contributed by atoms with Crippen LogP contribution in [0.25, 0.3) is 0 Å². The van der Waals surface area contributed by atoms with Crippen molar-refractivity contribution in [3.8, 4) is 0 Å². The third-order valence-electron chi connectivity index (χ3n) is 5.16. The van der Waals surface area contributed by atoms with Crippen molar-refractivity contribution in [3.63, 3.8) is 0 Å². The Balaban J connectivity index is 4.91. The summed E-state index contributed by atoms with van der Waals surface area (Å²) in [6, 6.07) is 0. The zero-order chi connectivity index (χ0) is 19.9. The van der Waals surface area contributed by atoms with Crippen molar-refractivity contribution in [2.75, 3.05) is 6.61 Å². The van der Waals surface area contributed by atoms with Crippen LogP contribution in [0.3, 0.4) is 0 Å². The molecular formula is C21H41IO2Si. The lowest BCUT2D eigenvalue weighted by molar-refractivity contribution is -0.0953. The van der Waals surface area contributed by atoms with Crippen molar-refractivity contribution < 1.29 is 9.16 Å². The summed E-state index contributed by atoms with van der Waals surface area (Å²) in [7, 11) is -1.86. The lowest BCUT2D eigenvalue weighted by atomic mass is 10.1. The molecule has 148 valence electrons. The fourth-order valence-electron chi connectivity index (χ4n) is 1.91. The second-order valence-corrected chi connectivity index (χ2v) is 16.3. The van der Waals surface area contributed by atoms with Crippen LogP contribution in [0.5, 0.6) is 0 Å². The fourth-order valence-corrected chi connectivity index (χ4v) is 3.67. The Morgan fingerprint density at radius 2 is 1.64 bits per heavy atom. The van der Waals surface area contributed by atoms with Gasteiger partial charge in [0.15, 0.2) is 14.6 Å². The molecule has 25 heavy (non-hydrogen) atoms. The maximum atomic E-state index is 6.62. The van der Waals surface area contributed by atoms with Crippen molar-refractivity contribution in [2.45, 2.75) is 102 Å². The van der Waals surface area contributed by atoms with E-state index in [2.05, 4.69) is 103 Å². The molecule has 2 atom stereocenters. The number of hydrogen-bond acceptors (Lipinski definition) is 2. The summed E-state index contributed by atoms with van der Waals surface area (Å²) >= 11 is 2.50. The van der Waals surface area contributed by atoms with Crippen LogP contribution in [0.15, 0.2) is 23.3 Å². The molecule has 0 N–H and O–H groups in total. The summed E-state index contributed by atoms with van der Waals surface area (Å²) in [5, 5.41) is 0.186. The molecule has 0 aliphatic rings. The van der Waals surface area contributed by atoms with E-state index in [4.69, 9.17) is 9.16 Å². The van der Waals surface area contributed by atoms with Gasteiger partial charge in [0.25, 0.3) is 0 Å². The Hall–Kier alpha value is 0.347. The van der Waals surface area contributed by atoms with Crippen molar-refractivity contribution in [3.05, 3.63) is 23.3 Å². The second kappa shape index (κ2) is 10.6. The largest absolute Gasteiger partial charge is 0.391 e. The minimum Gasteiger partial charge on any atom is -0.391 e. The number of allylic oxidation sites excluding steroid dienone is 3. The molecule has 0 aliphatic carbocycles. The average molecular weight is 481 g/mol. The van der Waals surface area contributed by atoms with E-state index < -0.39 is 8.32 Å². The van der Waals surface area contributed by atoms with Crippen molar-refractivity contribution in [2.24, 2.45) is 0 Å². The Labute approximate surface area is 172 Å². The number of alkyl halides is 1. The Kier molecular flexibility index (Phi) is 10.8. The quantitative estimate of drug-likeness (QED) is 0.105. The normalized spacial score (nSPS) is 17.2. The first-order chi connectivity index (χ1) is 11.2. The molecule has 0 fully saturated rings. The molecule has 0 bridgehead atoms. The third-order valence-corrected chi connectivity index (χ3v) is 10.8. The molecule has 0 aliphatic heterocycles. The van der Waals surface area contributed by atoms with E-state index in [0.717, 1.165) is 19.3 Å². The lowest BCUT2D eigenvalue weighted by Crippen LogP contribution is -2.50. The molecule has 0 saturated heterocycles. The molecule has 0 radical (unpaired) electrons. The van der Waals surface area contributed by atoms with E-state index in [1.54, 1.807) is 0 Å². The van der Waals surface area contributed by atoms with E-state index in [-0.39, 0.29) is 14.8 Å². The topological polar surface area (TPSA) is 18.5 Å². The van der Waals surface area contributed by atoms with E-state index in [1.165, 1.54) is 11.1 Å². The maximum absolute atomic E-state index is 6.62. The Morgan fingerprint density at radius 3 is 2.08 bits per heavy atom. The monoisotopic (exact) mass is 480 g/mol. The molecule has 0 spiro atoms. The van der Waals surface area contributed by atoms with Crippen LogP contribution in [-0.2, 0) is 9.16 Å². The van der Waals surface area contributed by atoms with Gasteiger partial charge in [-0.1, -0.05) is 73.6 Å². The Bertz CT molecular complexity index is 455. The molecule has 0 rings (SSSR count). The number of halogens is 1. The summed E-state index contributed by atoms with van der Waals surface area (Å²) in [6.07, 6.45) is 7.56. The zero-order valence-corrected chi connectivity index (χ0v) is 21.4. The third kappa shape index (κ3) is 9.73. The molecule has 0 aromatic carbocycles. The highest BCUT2D eigenvalue weighted by molar-refractivity contribution is 14.1. The number of ether oxygens (including phenoxy) is 1. The van der Waals surface area contributed by atoms with Crippen LogP contribution in [0, 0.1) is 0 Å². The highest BCUT2D eigenvalue weighted by atomic mass is 127. The maximum Gasteiger partial charge on any atom is 0.195 e. The van der Waals surface area contributed by atoms with Gasteiger partial charge >= 0.3 is 0 Å². The van der Waals surface area contributed by atoms with Gasteiger partial charge in [0, 0.05) is 0 Å². The van der Waals surface area contributed by atoms with E-state index in [0.29, 0.717) is 6.61 Å². The fraction of sp³-hybridized carbons (Fsp3) is 0.810. The van der Waals surface area contributed by atoms with Crippen LogP contribution >= 0.6 is 22.6 Å². The van der Waals surface area contributed by atoms with E-state index in [1.807, 2.05) is 0 Å². The van der Waals surface area contributed by atoms with Gasteiger partial charge in [0.05, 0.1) is 10.0 Å². The summed E-state index contributed by atoms with van der Waals surface area (Å²) in [4.78, 5) is 0. The van der Waals surface area contributed by atoms with Crippen LogP contribution in [-0.4, -0.2) is 24.6 Å². The molecule has 0 aromatic rings. The first-order valence-corrected chi connectivity index (χ1v) is 13.5. The summed E-state index contributed by atoms with van der Waals surface area (Å²) in [5.41, 5.74) is 2.77. The molecule has 2 nitrogen and oxygen atoms in total. The average Bonchev–Trinajstić information content (AvgIpc) is 2.44. The smallest absolute Gasteiger partial charge is 0.195 e. The van der Waals surface area contributed by atoms with Gasteiger partial charge in [-0.25, -0.2) is 0 Å². The molecule has 0 heterocycles. The van der Waals surface area contributed by atoms with Crippen molar-refractivity contribution >= 4 is 30.9 Å². The first kappa shape index (κ1) is 25.3. The standard InChI is InChI=1S/C21H41IO2Si/c1-11-21(8,22)19(24-25(9,10)20(5,6)7)23-16-15-18(4)14-12-13-17(2)3/h13,15,19H,11-12,14,16H2,1-10H3/b18-15+. The minimum absolute atomic E-state index is 0.0168. The zero-order valence-electron chi connectivity index (χ0n) is 18.3. The van der Waals surface area contributed by atoms with Crippen LogP contribution in [0.1, 0.15) is 74.7 Å². The Morgan fingerprint density at radius 1 is 1.08 bits per heavy atom. The van der Waals surface area contributed by atoms with Crippen LogP contribution in [0.4, 0.5) is 0 Å². The molecule has 4 heteroatoms. The highest BCUT2D eigenvalue weighted by Crippen LogP contribution is 2.40. The summed E-state index contributed by atoms with van der Waals surface area (Å²) in [5.74, 6) is 0. The molecule has 0 saturated carbocycles. The van der Waals surface area contributed by atoms with Gasteiger partial charge in [-0.2, -0.15) is 0 Å². The lowest BCUT2D eigenvalue weighted by Gasteiger charge is -2.42. The van der Waals surface area contributed by atoms with Gasteiger partial charge in [-0.15, -0.1) is 0 Å². The van der Waals surface area contributed by atoms with Gasteiger partial charge in [0.2, 0.25) is 0 Å². The summed E-state index contributed by atoms with van der Waals surface area (Å²) in [6.45, 7) is 23.0. The SMILES string of the molecule is CCC(C)(I)C(OC/C=C(\C)CCC=C(C)C)O[Si](C)(C)C(C)(C)C. The molecular weight excluding hydrogens is 439 g/mol. The predicted molar refractivity (Wildman–Crippen MR) is 123 cm³/mol. The van der Waals surface area contributed by atoms with Gasteiger partial charge < -0.3 is 9.16 Å². The molecule has 0 amide bonds.